The number of benzene rings is 1. The number of hydrogen-bond donors (Lipinski definition) is 1. The van der Waals surface area contributed by atoms with E-state index >= 15 is 0 Å². The second kappa shape index (κ2) is 8.30. The fourth-order valence-corrected chi connectivity index (χ4v) is 4.45. The Balaban J connectivity index is 2.13. The van der Waals surface area contributed by atoms with Gasteiger partial charge in [-0.3, -0.25) is 9.59 Å². The van der Waals surface area contributed by atoms with Crippen LogP contribution in [-0.2, 0) is 24.2 Å². The van der Waals surface area contributed by atoms with E-state index in [4.69, 9.17) is 9.47 Å². The van der Waals surface area contributed by atoms with E-state index < -0.39 is 27.7 Å². The normalized spacial score (nSPS) is 18.6. The summed E-state index contributed by atoms with van der Waals surface area (Å²) in [5.74, 6) is -1.32. The van der Waals surface area contributed by atoms with Gasteiger partial charge in [-0.15, -0.1) is 0 Å². The van der Waals surface area contributed by atoms with E-state index in [0.29, 0.717) is 17.9 Å². The first kappa shape index (κ1) is 19.2. The maximum Gasteiger partial charge on any atom is 0.314 e. The van der Waals surface area contributed by atoms with Gasteiger partial charge in [0.05, 0.1) is 30.9 Å². The zero-order chi connectivity index (χ0) is 18.4. The fourth-order valence-electron chi connectivity index (χ4n) is 2.71. The summed E-state index contributed by atoms with van der Waals surface area (Å²) in [7, 11) is -0.246. The van der Waals surface area contributed by atoms with E-state index in [1.807, 2.05) is 0 Å². The summed E-state index contributed by atoms with van der Waals surface area (Å²) in [6.07, 6.45) is 0.319. The van der Waals surface area contributed by atoms with Gasteiger partial charge >= 0.3 is 11.8 Å². The Kier molecular flexibility index (Phi) is 6.38. The summed E-state index contributed by atoms with van der Waals surface area (Å²) in [6.45, 7) is 0.360. The number of nitrogens with one attached hydrogen (secondary N) is 1. The molecular formula is C16H22N2O6S. The van der Waals surface area contributed by atoms with E-state index in [9.17, 15) is 18.0 Å². The van der Waals surface area contributed by atoms with Crippen LogP contribution in [0.3, 0.4) is 0 Å². The Labute approximate surface area is 147 Å². The number of carbonyl (C=O) groups is 2. The third-order valence-electron chi connectivity index (χ3n) is 4.00. The van der Waals surface area contributed by atoms with E-state index in [1.165, 1.54) is 19.1 Å². The standard InChI is InChI=1S/C16H22N2O6S/c1-23-9-8-18(12-7-10-25(21,22)11-12)16(20)15(19)17-13-5-3-4-6-14(13)24-2/h3-6,12H,7-11H2,1-2H3,(H,17,19). The van der Waals surface area contributed by atoms with Crippen molar-refractivity contribution >= 4 is 27.3 Å². The Bertz CT molecular complexity index is 734. The van der Waals surface area contributed by atoms with Gasteiger partial charge in [-0.1, -0.05) is 12.1 Å². The van der Waals surface area contributed by atoms with Crippen LogP contribution in [0.4, 0.5) is 5.69 Å². The van der Waals surface area contributed by atoms with Gasteiger partial charge < -0.3 is 19.7 Å². The maximum absolute atomic E-state index is 12.6. The van der Waals surface area contributed by atoms with Crippen molar-refractivity contribution < 1.29 is 27.5 Å². The Morgan fingerprint density at radius 2 is 2.00 bits per heavy atom. The molecule has 0 saturated carbocycles. The van der Waals surface area contributed by atoms with Crippen LogP contribution in [-0.4, -0.2) is 70.1 Å². The predicted molar refractivity (Wildman–Crippen MR) is 92.3 cm³/mol. The van der Waals surface area contributed by atoms with Gasteiger partial charge in [0.1, 0.15) is 5.75 Å². The molecule has 9 heteroatoms. The number of methoxy groups -OCH3 is 2. The fraction of sp³-hybridized carbons (Fsp3) is 0.500. The molecule has 0 spiro atoms. The number of rotatable bonds is 6. The van der Waals surface area contributed by atoms with Crippen molar-refractivity contribution in [3.63, 3.8) is 0 Å². The lowest BCUT2D eigenvalue weighted by atomic mass is 10.2. The summed E-state index contributed by atoms with van der Waals surface area (Å²) in [4.78, 5) is 26.2. The molecule has 1 atom stereocenters. The molecule has 25 heavy (non-hydrogen) atoms. The van der Waals surface area contributed by atoms with Crippen molar-refractivity contribution in [1.82, 2.24) is 4.90 Å². The molecule has 2 rings (SSSR count). The van der Waals surface area contributed by atoms with Gasteiger partial charge in [0.15, 0.2) is 9.84 Å². The summed E-state index contributed by atoms with van der Waals surface area (Å²) in [6, 6.07) is 6.20. The van der Waals surface area contributed by atoms with Gasteiger partial charge in [0, 0.05) is 19.7 Å². The molecule has 1 unspecified atom stereocenters. The molecule has 1 aliphatic rings. The maximum atomic E-state index is 12.6. The summed E-state index contributed by atoms with van der Waals surface area (Å²) in [5.41, 5.74) is 0.370. The van der Waals surface area contributed by atoms with Crippen molar-refractivity contribution in [3.8, 4) is 5.75 Å². The van der Waals surface area contributed by atoms with Crippen molar-refractivity contribution in [1.29, 1.82) is 0 Å². The highest BCUT2D eigenvalue weighted by molar-refractivity contribution is 7.91. The van der Waals surface area contributed by atoms with Crippen LogP contribution in [0.5, 0.6) is 5.75 Å². The quantitative estimate of drug-likeness (QED) is 0.723. The number of carbonyl (C=O) groups excluding carboxylic acids is 2. The first-order valence-corrected chi connectivity index (χ1v) is 9.64. The second-order valence-electron chi connectivity index (χ2n) is 5.70. The average Bonchev–Trinajstić information content (AvgIpc) is 2.95. The molecule has 1 heterocycles. The molecule has 1 N–H and O–H groups in total. The van der Waals surface area contributed by atoms with Crippen LogP contribution in [0, 0.1) is 0 Å². The van der Waals surface area contributed by atoms with E-state index in [1.54, 1.807) is 24.3 Å². The molecule has 0 radical (unpaired) electrons. The molecule has 1 saturated heterocycles. The lowest BCUT2D eigenvalue weighted by Gasteiger charge is -2.27. The van der Waals surface area contributed by atoms with Gasteiger partial charge in [-0.05, 0) is 18.6 Å². The number of ether oxygens (including phenoxy) is 2. The number of amides is 2. The van der Waals surface area contributed by atoms with E-state index in [0.717, 1.165) is 0 Å². The van der Waals surface area contributed by atoms with Crippen molar-refractivity contribution in [2.24, 2.45) is 0 Å². The summed E-state index contributed by atoms with van der Waals surface area (Å²) in [5, 5.41) is 2.52. The number of hydrogen-bond acceptors (Lipinski definition) is 6. The molecule has 0 bridgehead atoms. The third kappa shape index (κ3) is 4.93. The number of nitrogens with zero attached hydrogens (tertiary/aromatic N) is 1. The van der Waals surface area contributed by atoms with Crippen LogP contribution in [0.25, 0.3) is 0 Å². The third-order valence-corrected chi connectivity index (χ3v) is 5.75. The molecule has 8 nitrogen and oxygen atoms in total. The molecule has 1 aromatic carbocycles. The topological polar surface area (TPSA) is 102 Å². The zero-order valence-corrected chi connectivity index (χ0v) is 15.0. The van der Waals surface area contributed by atoms with Crippen molar-refractivity contribution in [2.75, 3.05) is 44.2 Å². The predicted octanol–water partition coefficient (Wildman–Crippen LogP) is 0.296. The highest BCUT2D eigenvalue weighted by Crippen LogP contribution is 2.23. The van der Waals surface area contributed by atoms with Crippen molar-refractivity contribution in [2.45, 2.75) is 12.5 Å². The molecule has 1 aromatic rings. The number of sulfone groups is 1. The first-order chi connectivity index (χ1) is 11.9. The van der Waals surface area contributed by atoms with Gasteiger partial charge in [-0.2, -0.15) is 0 Å². The van der Waals surface area contributed by atoms with Gasteiger partial charge in [0.2, 0.25) is 0 Å². The smallest absolute Gasteiger partial charge is 0.314 e. The zero-order valence-electron chi connectivity index (χ0n) is 14.2. The minimum Gasteiger partial charge on any atom is -0.495 e. The minimum absolute atomic E-state index is 0.0164. The van der Waals surface area contributed by atoms with Crippen LogP contribution < -0.4 is 10.1 Å². The van der Waals surface area contributed by atoms with Crippen molar-refractivity contribution in [3.05, 3.63) is 24.3 Å². The molecular weight excluding hydrogens is 348 g/mol. The van der Waals surface area contributed by atoms with Gasteiger partial charge in [0.25, 0.3) is 0 Å². The summed E-state index contributed by atoms with van der Waals surface area (Å²) >= 11 is 0. The average molecular weight is 370 g/mol. The second-order valence-corrected chi connectivity index (χ2v) is 7.93. The SMILES string of the molecule is COCCN(C(=O)C(=O)Nc1ccccc1OC)C1CCS(=O)(=O)C1. The molecule has 0 aromatic heterocycles. The van der Waals surface area contributed by atoms with Crippen LogP contribution >= 0.6 is 0 Å². The number of anilines is 1. The number of para-hydroxylation sites is 2. The molecule has 0 aliphatic carbocycles. The van der Waals surface area contributed by atoms with Crippen LogP contribution in [0.2, 0.25) is 0 Å². The van der Waals surface area contributed by atoms with Crippen LogP contribution in [0.15, 0.2) is 24.3 Å². The lowest BCUT2D eigenvalue weighted by Crippen LogP contribution is -2.48. The summed E-state index contributed by atoms with van der Waals surface area (Å²) < 4.78 is 33.5. The Morgan fingerprint density at radius 3 is 2.60 bits per heavy atom. The molecule has 2 amide bonds. The highest BCUT2D eigenvalue weighted by atomic mass is 32.2. The Hall–Kier alpha value is -2.13. The molecule has 1 aliphatic heterocycles. The minimum atomic E-state index is -3.18. The monoisotopic (exact) mass is 370 g/mol. The Morgan fingerprint density at radius 1 is 1.28 bits per heavy atom. The lowest BCUT2D eigenvalue weighted by molar-refractivity contribution is -0.145. The van der Waals surface area contributed by atoms with Crippen LogP contribution in [0.1, 0.15) is 6.42 Å². The largest absolute Gasteiger partial charge is 0.495 e. The van der Waals surface area contributed by atoms with Gasteiger partial charge in [-0.25, -0.2) is 8.42 Å². The highest BCUT2D eigenvalue weighted by Gasteiger charge is 2.36. The first-order valence-electron chi connectivity index (χ1n) is 7.82. The molecule has 1 fully saturated rings. The molecule has 138 valence electrons. The van der Waals surface area contributed by atoms with E-state index in [2.05, 4.69) is 5.32 Å². The van der Waals surface area contributed by atoms with E-state index in [-0.39, 0.29) is 24.7 Å².